The molecular weight excluding hydrogens is 329 g/mol. The molecule has 0 saturated heterocycles. The summed E-state index contributed by atoms with van der Waals surface area (Å²) < 4.78 is 5.79. The molecule has 1 N–H and O–H groups in total. The largest absolute Gasteiger partial charge is 0.489 e. The van der Waals surface area contributed by atoms with Gasteiger partial charge in [0.1, 0.15) is 12.4 Å². The molecule has 0 saturated carbocycles. The van der Waals surface area contributed by atoms with Gasteiger partial charge in [-0.2, -0.15) is 0 Å². The Morgan fingerprint density at radius 1 is 0.957 bits per heavy atom. The van der Waals surface area contributed by atoms with Crippen LogP contribution >= 0.6 is 24.0 Å². The molecule has 0 atom stereocenters. The summed E-state index contributed by atoms with van der Waals surface area (Å²) in [5.41, 5.74) is 2.55. The molecule has 0 aliphatic heterocycles. The van der Waals surface area contributed by atoms with Gasteiger partial charge in [0.25, 0.3) is 0 Å². The van der Waals surface area contributed by atoms with E-state index >= 15 is 0 Å². The summed E-state index contributed by atoms with van der Waals surface area (Å²) in [6.07, 6.45) is 1.11. The molecule has 0 unspecified atom stereocenters. The van der Waals surface area contributed by atoms with Gasteiger partial charge in [0.2, 0.25) is 0 Å². The Morgan fingerprint density at radius 2 is 1.52 bits per heavy atom. The van der Waals surface area contributed by atoms with Crippen LogP contribution in [0.4, 0.5) is 0 Å². The Hall–Kier alpha value is -1.22. The predicted octanol–water partition coefficient (Wildman–Crippen LogP) is 5.62. The Bertz CT molecular complexity index is 579. The quantitative estimate of drug-likeness (QED) is 0.697. The third-order valence-electron chi connectivity index (χ3n) is 3.90. The van der Waals surface area contributed by atoms with Gasteiger partial charge in [0.15, 0.2) is 0 Å². The van der Waals surface area contributed by atoms with E-state index in [0.717, 1.165) is 29.3 Å². The van der Waals surface area contributed by atoms with E-state index < -0.39 is 0 Å². The maximum Gasteiger partial charge on any atom is 0.119 e. The molecule has 0 aromatic heterocycles. The van der Waals surface area contributed by atoms with Crippen LogP contribution < -0.4 is 10.1 Å². The summed E-state index contributed by atoms with van der Waals surface area (Å²) in [7, 11) is 0. The van der Waals surface area contributed by atoms with E-state index in [4.69, 9.17) is 16.3 Å². The van der Waals surface area contributed by atoms with Crippen LogP contribution in [0.2, 0.25) is 5.02 Å². The Kier molecular flexibility index (Phi) is 7.90. The molecule has 4 heteroatoms. The minimum atomic E-state index is 0. The second kappa shape index (κ2) is 9.17. The Labute approximate surface area is 150 Å². The maximum atomic E-state index is 5.87. The third-order valence-corrected chi connectivity index (χ3v) is 4.15. The van der Waals surface area contributed by atoms with Gasteiger partial charge in [-0.1, -0.05) is 42.8 Å². The number of hydrogen-bond donors (Lipinski definition) is 1. The van der Waals surface area contributed by atoms with Gasteiger partial charge in [-0.3, -0.25) is 0 Å². The Balaban J connectivity index is 0.00000264. The lowest BCUT2D eigenvalue weighted by molar-refractivity contribution is 0.306. The lowest BCUT2D eigenvalue weighted by Gasteiger charge is -2.24. The van der Waals surface area contributed by atoms with Gasteiger partial charge < -0.3 is 10.1 Å². The Morgan fingerprint density at radius 3 is 2.09 bits per heavy atom. The van der Waals surface area contributed by atoms with Crippen molar-refractivity contribution in [3.63, 3.8) is 0 Å². The highest BCUT2D eigenvalue weighted by atomic mass is 35.5. The van der Waals surface area contributed by atoms with E-state index in [9.17, 15) is 0 Å². The number of ether oxygens (including phenoxy) is 1. The molecule has 0 aliphatic carbocycles. The summed E-state index contributed by atoms with van der Waals surface area (Å²) in [5, 5.41) is 4.30. The van der Waals surface area contributed by atoms with Crippen molar-refractivity contribution in [3.05, 3.63) is 64.7 Å². The lowest BCUT2D eigenvalue weighted by Crippen LogP contribution is -2.37. The monoisotopic (exact) mass is 353 g/mol. The van der Waals surface area contributed by atoms with Crippen molar-refractivity contribution >= 4 is 24.0 Å². The van der Waals surface area contributed by atoms with Crippen molar-refractivity contribution in [3.8, 4) is 5.75 Å². The number of benzene rings is 2. The fourth-order valence-corrected chi connectivity index (χ4v) is 2.04. The van der Waals surface area contributed by atoms with Gasteiger partial charge >= 0.3 is 0 Å². The highest BCUT2D eigenvalue weighted by Gasteiger charge is 2.13. The smallest absolute Gasteiger partial charge is 0.119 e. The van der Waals surface area contributed by atoms with Crippen LogP contribution in [-0.2, 0) is 13.2 Å². The van der Waals surface area contributed by atoms with Gasteiger partial charge in [-0.15, -0.1) is 12.4 Å². The molecule has 0 bridgehead atoms. The first-order chi connectivity index (χ1) is 10.5. The first-order valence-electron chi connectivity index (χ1n) is 7.70. The van der Waals surface area contributed by atoms with Crippen molar-refractivity contribution in [2.24, 2.45) is 0 Å². The third kappa shape index (κ3) is 6.82. The SMILES string of the molecule is CCC(C)(C)NCc1ccc(OCc2ccc(Cl)cc2)cc1.Cl. The van der Waals surface area contributed by atoms with Crippen LogP contribution in [0.5, 0.6) is 5.75 Å². The molecule has 0 spiro atoms. The van der Waals surface area contributed by atoms with E-state index in [1.54, 1.807) is 0 Å². The van der Waals surface area contributed by atoms with Crippen molar-refractivity contribution in [1.29, 1.82) is 0 Å². The molecule has 0 heterocycles. The van der Waals surface area contributed by atoms with Gasteiger partial charge in [-0.25, -0.2) is 0 Å². The summed E-state index contributed by atoms with van der Waals surface area (Å²) in [5.74, 6) is 0.883. The minimum Gasteiger partial charge on any atom is -0.489 e. The molecule has 0 fully saturated rings. The molecule has 2 rings (SSSR count). The summed E-state index contributed by atoms with van der Waals surface area (Å²) >= 11 is 5.87. The second-order valence-corrected chi connectivity index (χ2v) is 6.59. The topological polar surface area (TPSA) is 21.3 Å². The molecule has 0 aliphatic rings. The average Bonchev–Trinajstić information content (AvgIpc) is 2.53. The molecule has 0 amide bonds. The van der Waals surface area contributed by atoms with Crippen molar-refractivity contribution < 1.29 is 4.74 Å². The number of nitrogens with one attached hydrogen (secondary N) is 1. The molecule has 126 valence electrons. The number of halogens is 2. The first kappa shape index (κ1) is 19.8. The predicted molar refractivity (Wildman–Crippen MR) is 101 cm³/mol. The maximum absolute atomic E-state index is 5.87. The van der Waals surface area contributed by atoms with Crippen LogP contribution in [0.1, 0.15) is 38.3 Å². The highest BCUT2D eigenvalue weighted by molar-refractivity contribution is 6.30. The van der Waals surface area contributed by atoms with Crippen LogP contribution in [0, 0.1) is 0 Å². The fraction of sp³-hybridized carbons (Fsp3) is 0.368. The van der Waals surface area contributed by atoms with E-state index in [0.29, 0.717) is 6.61 Å². The molecule has 0 radical (unpaired) electrons. The van der Waals surface area contributed by atoms with Crippen molar-refractivity contribution in [1.82, 2.24) is 5.32 Å². The van der Waals surface area contributed by atoms with Crippen LogP contribution in [-0.4, -0.2) is 5.54 Å². The normalized spacial score (nSPS) is 11.0. The van der Waals surface area contributed by atoms with E-state index in [1.165, 1.54) is 5.56 Å². The van der Waals surface area contributed by atoms with E-state index in [-0.39, 0.29) is 17.9 Å². The lowest BCUT2D eigenvalue weighted by atomic mass is 10.0. The fourth-order valence-electron chi connectivity index (χ4n) is 1.92. The van der Waals surface area contributed by atoms with E-state index in [2.05, 4.69) is 38.2 Å². The van der Waals surface area contributed by atoms with Gasteiger partial charge in [0.05, 0.1) is 0 Å². The minimum absolute atomic E-state index is 0. The molecule has 23 heavy (non-hydrogen) atoms. The van der Waals surface area contributed by atoms with Crippen LogP contribution in [0.3, 0.4) is 0 Å². The van der Waals surface area contributed by atoms with Crippen LogP contribution in [0.15, 0.2) is 48.5 Å². The van der Waals surface area contributed by atoms with Gasteiger partial charge in [-0.05, 0) is 55.7 Å². The van der Waals surface area contributed by atoms with Crippen molar-refractivity contribution in [2.45, 2.75) is 45.9 Å². The molecular formula is C19H25Cl2NO. The molecule has 2 aromatic carbocycles. The average molecular weight is 354 g/mol. The molecule has 2 aromatic rings. The summed E-state index contributed by atoms with van der Waals surface area (Å²) in [6, 6.07) is 16.0. The standard InChI is InChI=1S/C19H24ClNO.ClH/c1-4-19(2,3)21-13-15-7-11-18(12-8-15)22-14-16-5-9-17(20)10-6-16;/h5-12,21H,4,13-14H2,1-3H3;1H. The highest BCUT2D eigenvalue weighted by Crippen LogP contribution is 2.16. The zero-order chi connectivity index (χ0) is 16.0. The van der Waals surface area contributed by atoms with E-state index in [1.807, 2.05) is 36.4 Å². The van der Waals surface area contributed by atoms with Crippen LogP contribution in [0.25, 0.3) is 0 Å². The van der Waals surface area contributed by atoms with Crippen molar-refractivity contribution in [2.75, 3.05) is 0 Å². The number of rotatable bonds is 7. The second-order valence-electron chi connectivity index (χ2n) is 6.15. The first-order valence-corrected chi connectivity index (χ1v) is 8.07. The summed E-state index contributed by atoms with van der Waals surface area (Å²) in [6.45, 7) is 8.06. The zero-order valence-electron chi connectivity index (χ0n) is 13.9. The zero-order valence-corrected chi connectivity index (χ0v) is 15.5. The van der Waals surface area contributed by atoms with Gasteiger partial charge in [0, 0.05) is 17.1 Å². The summed E-state index contributed by atoms with van der Waals surface area (Å²) in [4.78, 5) is 0. The number of hydrogen-bond acceptors (Lipinski definition) is 2. The molecule has 2 nitrogen and oxygen atoms in total.